The molecular weight excluding hydrogens is 382 g/mol. The molecule has 2 unspecified atom stereocenters. The topological polar surface area (TPSA) is 125 Å². The van der Waals surface area contributed by atoms with Gasteiger partial charge in [0.25, 0.3) is 0 Å². The summed E-state index contributed by atoms with van der Waals surface area (Å²) in [7, 11) is 0. The van der Waals surface area contributed by atoms with Gasteiger partial charge in [-0.1, -0.05) is 65.2 Å². The number of esters is 2. The lowest BCUT2D eigenvalue weighted by molar-refractivity contribution is -0.165. The monoisotopic (exact) mass is 425 g/mol. The lowest BCUT2D eigenvalue weighted by atomic mass is 9.87. The molecule has 0 spiro atoms. The standard InChI is InChI=1S/C23H43N3O4/c1-3-5-7-8-10-13-19(25)17-21(28)30-22(29)23(14-11-15-26-23)20(27)16-18(24)12-9-6-4-2/h18-19,26H,3-17,24-25H2,1-2H3/t18?,19?,23-/m1/s1. The summed E-state index contributed by atoms with van der Waals surface area (Å²) in [6.45, 7) is 4.81. The molecule has 1 rings (SSSR count). The van der Waals surface area contributed by atoms with Gasteiger partial charge in [-0.3, -0.25) is 14.9 Å². The molecule has 0 bridgehead atoms. The van der Waals surface area contributed by atoms with E-state index in [2.05, 4.69) is 19.2 Å². The first-order valence-corrected chi connectivity index (χ1v) is 11.9. The number of unbranched alkanes of at least 4 members (excludes halogenated alkanes) is 6. The first kappa shape index (κ1) is 26.7. The molecular formula is C23H43N3O4. The zero-order valence-corrected chi connectivity index (χ0v) is 19.0. The number of nitrogens with two attached hydrogens (primary N) is 2. The van der Waals surface area contributed by atoms with Crippen molar-refractivity contribution in [3.8, 4) is 0 Å². The third-order valence-electron chi connectivity index (χ3n) is 5.92. The molecule has 1 heterocycles. The molecule has 1 saturated heterocycles. The summed E-state index contributed by atoms with van der Waals surface area (Å²) in [5.74, 6) is -1.73. The second-order valence-electron chi connectivity index (χ2n) is 8.75. The van der Waals surface area contributed by atoms with Crippen molar-refractivity contribution in [2.24, 2.45) is 11.5 Å². The first-order chi connectivity index (χ1) is 14.4. The summed E-state index contributed by atoms with van der Waals surface area (Å²) in [6.07, 6.45) is 11.3. The fourth-order valence-electron chi connectivity index (χ4n) is 4.00. The van der Waals surface area contributed by atoms with E-state index in [1.807, 2.05) is 0 Å². The van der Waals surface area contributed by atoms with Gasteiger partial charge in [0, 0.05) is 18.5 Å². The molecule has 1 aliphatic rings. The Hall–Kier alpha value is -1.31. The third kappa shape index (κ3) is 9.23. The van der Waals surface area contributed by atoms with Crippen molar-refractivity contribution >= 4 is 17.7 Å². The number of rotatable bonds is 16. The summed E-state index contributed by atoms with van der Waals surface area (Å²) in [4.78, 5) is 37.9. The van der Waals surface area contributed by atoms with Crippen LogP contribution >= 0.6 is 0 Å². The van der Waals surface area contributed by atoms with Gasteiger partial charge in [-0.05, 0) is 32.2 Å². The zero-order chi connectivity index (χ0) is 22.4. The normalized spacial score (nSPS) is 20.7. The van der Waals surface area contributed by atoms with Gasteiger partial charge in [-0.25, -0.2) is 4.79 Å². The fraction of sp³-hybridized carbons (Fsp3) is 0.870. The van der Waals surface area contributed by atoms with Crippen LogP contribution in [0.5, 0.6) is 0 Å². The van der Waals surface area contributed by atoms with Gasteiger partial charge in [0.15, 0.2) is 11.3 Å². The molecule has 30 heavy (non-hydrogen) atoms. The Morgan fingerprint density at radius 3 is 2.07 bits per heavy atom. The minimum Gasteiger partial charge on any atom is -0.391 e. The van der Waals surface area contributed by atoms with Crippen LogP contribution in [0, 0.1) is 0 Å². The van der Waals surface area contributed by atoms with Crippen LogP contribution in [0.3, 0.4) is 0 Å². The predicted octanol–water partition coefficient (Wildman–Crippen LogP) is 3.12. The van der Waals surface area contributed by atoms with Crippen LogP contribution in [0.2, 0.25) is 0 Å². The number of ether oxygens (including phenoxy) is 1. The molecule has 0 aromatic carbocycles. The van der Waals surface area contributed by atoms with Crippen LogP contribution in [0.1, 0.15) is 104 Å². The van der Waals surface area contributed by atoms with Gasteiger partial charge in [-0.2, -0.15) is 0 Å². The molecule has 0 amide bonds. The highest BCUT2D eigenvalue weighted by atomic mass is 16.6. The Morgan fingerprint density at radius 2 is 1.47 bits per heavy atom. The van der Waals surface area contributed by atoms with Crippen molar-refractivity contribution < 1.29 is 19.1 Å². The molecule has 0 aromatic heterocycles. The molecule has 174 valence electrons. The average molecular weight is 426 g/mol. The summed E-state index contributed by atoms with van der Waals surface area (Å²) < 4.78 is 5.07. The molecule has 0 saturated carbocycles. The third-order valence-corrected chi connectivity index (χ3v) is 5.92. The number of ketones is 1. The van der Waals surface area contributed by atoms with E-state index in [0.717, 1.165) is 44.9 Å². The van der Waals surface area contributed by atoms with Crippen LogP contribution in [0.25, 0.3) is 0 Å². The summed E-state index contributed by atoms with van der Waals surface area (Å²) >= 11 is 0. The van der Waals surface area contributed by atoms with Gasteiger partial charge in [0.05, 0.1) is 6.42 Å². The van der Waals surface area contributed by atoms with Crippen LogP contribution in [-0.4, -0.2) is 41.9 Å². The van der Waals surface area contributed by atoms with Crippen molar-refractivity contribution in [1.82, 2.24) is 5.32 Å². The zero-order valence-electron chi connectivity index (χ0n) is 19.0. The minimum atomic E-state index is -1.44. The number of nitrogens with one attached hydrogen (secondary N) is 1. The number of hydrogen-bond donors (Lipinski definition) is 3. The van der Waals surface area contributed by atoms with E-state index in [4.69, 9.17) is 16.2 Å². The van der Waals surface area contributed by atoms with Crippen molar-refractivity contribution in [2.45, 2.75) is 121 Å². The van der Waals surface area contributed by atoms with E-state index in [-0.39, 0.29) is 30.7 Å². The maximum Gasteiger partial charge on any atom is 0.341 e. The Balaban J connectivity index is 2.51. The fourth-order valence-corrected chi connectivity index (χ4v) is 4.00. The van der Waals surface area contributed by atoms with Gasteiger partial charge < -0.3 is 16.2 Å². The van der Waals surface area contributed by atoms with Crippen molar-refractivity contribution in [1.29, 1.82) is 0 Å². The van der Waals surface area contributed by atoms with E-state index in [1.54, 1.807) is 0 Å². The molecule has 7 heteroatoms. The van der Waals surface area contributed by atoms with Crippen LogP contribution in [0.4, 0.5) is 0 Å². The average Bonchev–Trinajstić information content (AvgIpc) is 3.19. The number of hydrogen-bond acceptors (Lipinski definition) is 7. The molecule has 0 radical (unpaired) electrons. The maximum atomic E-state index is 12.9. The quantitative estimate of drug-likeness (QED) is 0.197. The lowest BCUT2D eigenvalue weighted by Gasteiger charge is -2.26. The number of Topliss-reactive ketones (excluding diaryl/α,β-unsaturated/α-hetero) is 1. The molecule has 0 aliphatic carbocycles. The Kier molecular flexibility index (Phi) is 13.1. The SMILES string of the molecule is CCCCCCCC(N)CC(=O)OC(=O)[C@]1(C(=O)CC(N)CCCCC)CCCN1. The highest BCUT2D eigenvalue weighted by molar-refractivity contribution is 6.11. The molecule has 5 N–H and O–H groups in total. The molecule has 1 aliphatic heterocycles. The largest absolute Gasteiger partial charge is 0.391 e. The molecule has 3 atom stereocenters. The smallest absolute Gasteiger partial charge is 0.341 e. The van der Waals surface area contributed by atoms with Crippen molar-refractivity contribution in [2.75, 3.05) is 6.54 Å². The van der Waals surface area contributed by atoms with Gasteiger partial charge >= 0.3 is 11.9 Å². The van der Waals surface area contributed by atoms with E-state index in [9.17, 15) is 14.4 Å². The second kappa shape index (κ2) is 14.7. The van der Waals surface area contributed by atoms with Crippen LogP contribution < -0.4 is 16.8 Å². The van der Waals surface area contributed by atoms with Crippen molar-refractivity contribution in [3.63, 3.8) is 0 Å². The molecule has 0 aromatic rings. The predicted molar refractivity (Wildman–Crippen MR) is 119 cm³/mol. The lowest BCUT2D eigenvalue weighted by Crippen LogP contribution is -2.56. The van der Waals surface area contributed by atoms with E-state index >= 15 is 0 Å². The van der Waals surface area contributed by atoms with Gasteiger partial charge in [0.1, 0.15) is 0 Å². The van der Waals surface area contributed by atoms with E-state index in [1.165, 1.54) is 19.3 Å². The van der Waals surface area contributed by atoms with Gasteiger partial charge in [0.2, 0.25) is 0 Å². The highest BCUT2D eigenvalue weighted by Crippen LogP contribution is 2.25. The van der Waals surface area contributed by atoms with Gasteiger partial charge in [-0.15, -0.1) is 0 Å². The Bertz CT molecular complexity index is 533. The Labute approximate surface area is 182 Å². The minimum absolute atomic E-state index is 0.0136. The summed E-state index contributed by atoms with van der Waals surface area (Å²) in [5.41, 5.74) is 10.7. The molecule has 7 nitrogen and oxygen atoms in total. The summed E-state index contributed by atoms with van der Waals surface area (Å²) in [6, 6.07) is -0.616. The highest BCUT2D eigenvalue weighted by Gasteiger charge is 2.49. The summed E-state index contributed by atoms with van der Waals surface area (Å²) in [5, 5.41) is 2.99. The number of carbonyl (C=O) groups excluding carboxylic acids is 3. The number of carbonyl (C=O) groups is 3. The van der Waals surface area contributed by atoms with E-state index < -0.39 is 17.5 Å². The Morgan fingerprint density at radius 1 is 0.900 bits per heavy atom. The maximum absolute atomic E-state index is 12.9. The molecule has 1 fully saturated rings. The van der Waals surface area contributed by atoms with Crippen molar-refractivity contribution in [3.05, 3.63) is 0 Å². The van der Waals surface area contributed by atoms with E-state index in [0.29, 0.717) is 19.4 Å². The van der Waals surface area contributed by atoms with Crippen LogP contribution in [0.15, 0.2) is 0 Å². The second-order valence-corrected chi connectivity index (χ2v) is 8.75. The van der Waals surface area contributed by atoms with Crippen LogP contribution in [-0.2, 0) is 19.1 Å². The first-order valence-electron chi connectivity index (χ1n) is 11.9.